The van der Waals surface area contributed by atoms with Crippen LogP contribution in [0.4, 0.5) is 0 Å². The summed E-state index contributed by atoms with van der Waals surface area (Å²) in [7, 11) is 8.21. The molecule has 0 bridgehead atoms. The number of benzene rings is 4. The van der Waals surface area contributed by atoms with Gasteiger partial charge in [-0.3, -0.25) is 0 Å². The van der Waals surface area contributed by atoms with Crippen molar-refractivity contribution in [2.75, 3.05) is 0 Å². The molecule has 0 aliphatic carbocycles. The summed E-state index contributed by atoms with van der Waals surface area (Å²) in [5.74, 6) is 0. The third-order valence-electron chi connectivity index (χ3n) is 7.81. The molecule has 6 rings (SSSR count). The topological polar surface area (TPSA) is 0 Å². The van der Waals surface area contributed by atoms with Crippen LogP contribution in [-0.2, 0) is 20.8 Å². The van der Waals surface area contributed by atoms with Gasteiger partial charge in [-0.1, -0.05) is 148 Å². The zero-order chi connectivity index (χ0) is 34.1. The Morgan fingerprint density at radius 2 is 0.848 bits per heavy atom. The second kappa shape index (κ2) is 17.6. The third kappa shape index (κ3) is 10.1. The van der Waals surface area contributed by atoms with Gasteiger partial charge in [0.2, 0.25) is 0 Å². The first-order valence-corrected chi connectivity index (χ1v) is 31.2. The number of aryl methyl sites for hydroxylation is 2. The number of hydrogen-bond donors (Lipinski definition) is 0. The molecule has 2 radical (unpaired) electrons. The molecule has 0 spiro atoms. The second-order valence-corrected chi connectivity index (χ2v) is 28.7. The van der Waals surface area contributed by atoms with Crippen LogP contribution >= 0.6 is 17.0 Å². The standard InChI is InChI=1S/2C19H21Si.C2H6Si.2ClH.Zr/c2*1-14-12-16-10-11-18(20(2,3)4)19(17(16)13-14)15-8-6-5-7-9-15;1-3-2;;;/h2*5-13H,1-4H3;1-2H3;2*1H;/q2*-1;;;;+4/p-2. The first-order valence-electron chi connectivity index (χ1n) is 15.8. The summed E-state index contributed by atoms with van der Waals surface area (Å²) < 4.78 is 0. The Balaban J connectivity index is 0.000000214. The Kier molecular flexibility index (Phi) is 14.8. The van der Waals surface area contributed by atoms with Gasteiger partial charge in [-0.15, -0.1) is 69.1 Å². The van der Waals surface area contributed by atoms with Crippen LogP contribution < -0.4 is 10.4 Å². The molecular weight excluding hydrogens is 727 g/mol. The Morgan fingerprint density at radius 3 is 1.13 bits per heavy atom. The number of rotatable bonds is 4. The van der Waals surface area contributed by atoms with Crippen LogP contribution in [-0.4, -0.2) is 25.7 Å². The molecule has 238 valence electrons. The normalized spacial score (nSPS) is 11.0. The van der Waals surface area contributed by atoms with Crippen molar-refractivity contribution in [3.05, 3.63) is 120 Å². The molecule has 0 heterocycles. The molecule has 0 aromatic heterocycles. The molecule has 0 saturated carbocycles. The predicted octanol–water partition coefficient (Wildman–Crippen LogP) is 12.3. The van der Waals surface area contributed by atoms with Crippen molar-refractivity contribution in [2.24, 2.45) is 0 Å². The van der Waals surface area contributed by atoms with Crippen molar-refractivity contribution in [2.45, 2.75) is 66.2 Å². The van der Waals surface area contributed by atoms with Gasteiger partial charge in [0.15, 0.2) is 0 Å². The zero-order valence-corrected chi connectivity index (χ0v) is 36.1. The molecule has 0 saturated heterocycles. The Labute approximate surface area is 301 Å². The molecule has 0 fully saturated rings. The van der Waals surface area contributed by atoms with E-state index in [0.717, 1.165) is 9.52 Å². The fraction of sp³-hybridized carbons (Fsp3) is 0.250. The third-order valence-corrected chi connectivity index (χ3v) is 11.9. The molecule has 0 atom stereocenters. The average Bonchev–Trinajstić information content (AvgIpc) is 3.58. The number of hydrogen-bond acceptors (Lipinski definition) is 0. The van der Waals surface area contributed by atoms with Crippen molar-refractivity contribution in [3.8, 4) is 22.3 Å². The van der Waals surface area contributed by atoms with Gasteiger partial charge in [-0.2, -0.15) is 12.1 Å². The van der Waals surface area contributed by atoms with Gasteiger partial charge in [0.25, 0.3) is 0 Å². The van der Waals surface area contributed by atoms with Crippen LogP contribution in [0, 0.1) is 13.8 Å². The monoisotopic (exact) mass is 772 g/mol. The summed E-state index contributed by atoms with van der Waals surface area (Å²) in [4.78, 5) is 0. The molecule has 6 aromatic carbocycles. The summed E-state index contributed by atoms with van der Waals surface area (Å²) in [6, 6.07) is 40.2. The summed E-state index contributed by atoms with van der Waals surface area (Å²) in [5.41, 5.74) is 8.31. The summed E-state index contributed by atoms with van der Waals surface area (Å²) in [5, 5.41) is 8.66. The Morgan fingerprint density at radius 1 is 0.543 bits per heavy atom. The summed E-state index contributed by atoms with van der Waals surface area (Å²) in [6.07, 6.45) is 0. The van der Waals surface area contributed by atoms with Crippen molar-refractivity contribution in [3.63, 3.8) is 0 Å². The minimum atomic E-state index is -1.37. The maximum absolute atomic E-state index is 4.93. The minimum absolute atomic E-state index is 0.826. The average molecular weight is 775 g/mol. The van der Waals surface area contributed by atoms with E-state index in [0.29, 0.717) is 0 Å². The molecule has 0 aliphatic heterocycles. The van der Waals surface area contributed by atoms with Gasteiger partial charge in [0, 0.05) is 9.52 Å². The van der Waals surface area contributed by atoms with E-state index < -0.39 is 37.0 Å². The van der Waals surface area contributed by atoms with E-state index in [-0.39, 0.29) is 0 Å². The molecule has 6 aromatic rings. The van der Waals surface area contributed by atoms with E-state index in [1.807, 2.05) is 0 Å². The Bertz CT molecular complexity index is 1670. The molecule has 0 nitrogen and oxygen atoms in total. The van der Waals surface area contributed by atoms with Gasteiger partial charge in [-0.05, 0) is 11.1 Å². The second-order valence-electron chi connectivity index (χ2n) is 13.9. The van der Waals surface area contributed by atoms with Crippen LogP contribution in [0.1, 0.15) is 11.1 Å². The van der Waals surface area contributed by atoms with Gasteiger partial charge in [-0.25, -0.2) is 0 Å². The Hall–Kier alpha value is -1.79. The summed E-state index contributed by atoms with van der Waals surface area (Å²) >= 11 is -0.826. The van der Waals surface area contributed by atoms with Crippen LogP contribution in [0.25, 0.3) is 43.8 Å². The summed E-state index contributed by atoms with van der Waals surface area (Å²) in [6.45, 7) is 23.2. The van der Waals surface area contributed by atoms with Gasteiger partial charge in [0.05, 0.1) is 16.1 Å². The van der Waals surface area contributed by atoms with Crippen LogP contribution in [0.2, 0.25) is 52.4 Å². The van der Waals surface area contributed by atoms with E-state index in [1.54, 1.807) is 10.4 Å². The van der Waals surface area contributed by atoms with Crippen LogP contribution in [0.15, 0.2) is 109 Å². The molecule has 46 heavy (non-hydrogen) atoms. The van der Waals surface area contributed by atoms with Gasteiger partial charge in [0.1, 0.15) is 0 Å². The van der Waals surface area contributed by atoms with Gasteiger partial charge < -0.3 is 0 Å². The van der Waals surface area contributed by atoms with Crippen LogP contribution in [0.3, 0.4) is 0 Å². The fourth-order valence-corrected chi connectivity index (χ4v) is 9.17. The quantitative estimate of drug-likeness (QED) is 0.124. The van der Waals surface area contributed by atoms with E-state index >= 15 is 0 Å². The van der Waals surface area contributed by atoms with E-state index in [9.17, 15) is 0 Å². The molecule has 0 unspecified atom stereocenters. The molecule has 0 N–H and O–H groups in total. The fourth-order valence-electron chi connectivity index (χ4n) is 5.94. The first kappa shape index (κ1) is 38.7. The van der Waals surface area contributed by atoms with Crippen molar-refractivity contribution < 1.29 is 20.8 Å². The van der Waals surface area contributed by atoms with Crippen molar-refractivity contribution in [1.29, 1.82) is 0 Å². The number of halogens is 2. The molecular formula is C40H48Cl2Si3Zr. The number of fused-ring (bicyclic) bond motifs is 2. The van der Waals surface area contributed by atoms with E-state index in [2.05, 4.69) is 175 Å². The zero-order valence-electron chi connectivity index (χ0n) is 29.1. The predicted molar refractivity (Wildman–Crippen MR) is 215 cm³/mol. The van der Waals surface area contributed by atoms with E-state index in [4.69, 9.17) is 17.0 Å². The molecule has 0 amide bonds. The van der Waals surface area contributed by atoms with Crippen LogP contribution in [0.5, 0.6) is 0 Å². The van der Waals surface area contributed by atoms with Crippen molar-refractivity contribution in [1.82, 2.24) is 0 Å². The SMILES string of the molecule is C[Si]C.Cc1cc2c(-c3ccccc3)c([Si](C)(C)C)ccc2[cH-]1.Cc1cc2c(-c3ccccc3)c([Si](C)(C)C)ccc2[cH-]1.[Cl][Zr+2][Cl]. The van der Waals surface area contributed by atoms with E-state index in [1.165, 1.54) is 54.9 Å². The van der Waals surface area contributed by atoms with Crippen molar-refractivity contribution >= 4 is 74.6 Å². The molecule has 0 aliphatic rings. The molecule has 6 heteroatoms. The maximum atomic E-state index is 4.93. The van der Waals surface area contributed by atoms with Gasteiger partial charge >= 0.3 is 37.9 Å². The first-order chi connectivity index (χ1) is 21.8.